The Morgan fingerprint density at radius 3 is 3.00 bits per heavy atom. The van der Waals surface area contributed by atoms with Crippen molar-refractivity contribution in [2.75, 3.05) is 6.54 Å². The molecule has 19 heavy (non-hydrogen) atoms. The van der Waals surface area contributed by atoms with Crippen LogP contribution in [0.2, 0.25) is 0 Å². The van der Waals surface area contributed by atoms with E-state index in [2.05, 4.69) is 19.7 Å². The molecule has 1 amide bonds. The van der Waals surface area contributed by atoms with Crippen LogP contribution in [0.4, 0.5) is 4.79 Å². The van der Waals surface area contributed by atoms with Crippen LogP contribution in [0.1, 0.15) is 37.8 Å². The highest BCUT2D eigenvalue weighted by molar-refractivity contribution is 5.77. The highest BCUT2D eigenvalue weighted by Crippen LogP contribution is 2.23. The highest BCUT2D eigenvalue weighted by atomic mass is 16.6. The number of nitrogens with zero attached hydrogens (tertiary/aromatic N) is 3. The minimum atomic E-state index is -0.920. The van der Waals surface area contributed by atoms with Gasteiger partial charge in [-0.05, 0) is 24.8 Å². The molecule has 1 aliphatic rings. The third-order valence-electron chi connectivity index (χ3n) is 3.16. The number of rotatable bonds is 4. The summed E-state index contributed by atoms with van der Waals surface area (Å²) < 4.78 is 4.61. The van der Waals surface area contributed by atoms with Crippen LogP contribution in [0.3, 0.4) is 0 Å². The van der Waals surface area contributed by atoms with Gasteiger partial charge in [0.1, 0.15) is 0 Å². The van der Waals surface area contributed by atoms with Crippen molar-refractivity contribution in [1.29, 1.82) is 0 Å². The molecule has 0 bridgehead atoms. The Morgan fingerprint density at radius 2 is 2.26 bits per heavy atom. The Hall–Kier alpha value is -1.98. The Kier molecular flexibility index (Phi) is 4.83. The molecule has 0 atom stereocenters. The molecule has 1 aliphatic carbocycles. The number of hydrogen-bond acceptors (Lipinski definition) is 5. The highest BCUT2D eigenvalue weighted by Gasteiger charge is 2.12. The molecule has 6 nitrogen and oxygen atoms in total. The SMILES string of the molecule is NC(=O)Oc1nccc(C=NCC2CCCCC2)n1. The van der Waals surface area contributed by atoms with Crippen LogP contribution in [-0.4, -0.2) is 28.8 Å². The largest absolute Gasteiger partial charge is 0.412 e. The molecular weight excluding hydrogens is 244 g/mol. The summed E-state index contributed by atoms with van der Waals surface area (Å²) in [6.45, 7) is 0.829. The van der Waals surface area contributed by atoms with E-state index in [4.69, 9.17) is 5.73 Å². The first-order valence-electron chi connectivity index (χ1n) is 6.54. The van der Waals surface area contributed by atoms with E-state index in [0.29, 0.717) is 11.6 Å². The second-order valence-electron chi connectivity index (χ2n) is 4.68. The zero-order valence-electron chi connectivity index (χ0n) is 10.8. The first kappa shape index (κ1) is 13.5. The minimum absolute atomic E-state index is 0.0471. The van der Waals surface area contributed by atoms with E-state index in [9.17, 15) is 4.79 Å². The van der Waals surface area contributed by atoms with E-state index in [-0.39, 0.29) is 6.01 Å². The van der Waals surface area contributed by atoms with Gasteiger partial charge in [0.15, 0.2) is 0 Å². The van der Waals surface area contributed by atoms with Crippen molar-refractivity contribution in [2.24, 2.45) is 16.6 Å². The smallest absolute Gasteiger partial charge is 0.374 e. The molecule has 6 heteroatoms. The van der Waals surface area contributed by atoms with Gasteiger partial charge in [-0.3, -0.25) is 4.99 Å². The van der Waals surface area contributed by atoms with Gasteiger partial charge in [-0.25, -0.2) is 9.78 Å². The predicted octanol–water partition coefficient (Wildman–Crippen LogP) is 1.93. The lowest BCUT2D eigenvalue weighted by molar-refractivity contribution is 0.207. The molecule has 0 unspecified atom stereocenters. The molecule has 2 rings (SSSR count). The molecule has 1 heterocycles. The van der Waals surface area contributed by atoms with Gasteiger partial charge in [-0.2, -0.15) is 4.98 Å². The van der Waals surface area contributed by atoms with Crippen molar-refractivity contribution in [3.63, 3.8) is 0 Å². The van der Waals surface area contributed by atoms with Crippen LogP contribution < -0.4 is 10.5 Å². The fraction of sp³-hybridized carbons (Fsp3) is 0.538. The third-order valence-corrected chi connectivity index (χ3v) is 3.16. The monoisotopic (exact) mass is 262 g/mol. The van der Waals surface area contributed by atoms with E-state index in [0.717, 1.165) is 6.54 Å². The van der Waals surface area contributed by atoms with Crippen LogP contribution in [0.15, 0.2) is 17.3 Å². The van der Waals surface area contributed by atoms with Crippen LogP contribution in [0.25, 0.3) is 0 Å². The number of amides is 1. The number of hydrogen-bond donors (Lipinski definition) is 1. The number of primary amides is 1. The zero-order chi connectivity index (χ0) is 13.5. The van der Waals surface area contributed by atoms with Crippen LogP contribution in [0.5, 0.6) is 6.01 Å². The molecule has 0 spiro atoms. The van der Waals surface area contributed by atoms with Gasteiger partial charge in [0.2, 0.25) is 0 Å². The van der Waals surface area contributed by atoms with Crippen molar-refractivity contribution < 1.29 is 9.53 Å². The summed E-state index contributed by atoms with van der Waals surface area (Å²) in [5.74, 6) is 0.688. The number of nitrogens with two attached hydrogens (primary N) is 1. The fourth-order valence-electron chi connectivity index (χ4n) is 2.23. The molecule has 1 fully saturated rings. The molecule has 102 valence electrons. The minimum Gasteiger partial charge on any atom is -0.374 e. The van der Waals surface area contributed by atoms with Crippen molar-refractivity contribution in [1.82, 2.24) is 9.97 Å². The van der Waals surface area contributed by atoms with Gasteiger partial charge in [0.05, 0.1) is 5.69 Å². The normalized spacial score (nSPS) is 16.6. The van der Waals surface area contributed by atoms with Crippen molar-refractivity contribution in [2.45, 2.75) is 32.1 Å². The maximum Gasteiger partial charge on any atom is 0.412 e. The average Bonchev–Trinajstić information content (AvgIpc) is 2.40. The summed E-state index contributed by atoms with van der Waals surface area (Å²) in [6, 6.07) is 1.66. The Bertz CT molecular complexity index is 456. The summed E-state index contributed by atoms with van der Waals surface area (Å²) in [5.41, 5.74) is 5.51. The Labute approximate surface area is 112 Å². The quantitative estimate of drug-likeness (QED) is 0.839. The van der Waals surface area contributed by atoms with E-state index < -0.39 is 6.09 Å². The van der Waals surface area contributed by atoms with Crippen molar-refractivity contribution in [3.8, 4) is 6.01 Å². The third kappa shape index (κ3) is 4.65. The lowest BCUT2D eigenvalue weighted by Crippen LogP contribution is -2.18. The lowest BCUT2D eigenvalue weighted by Gasteiger charge is -2.19. The number of ether oxygens (including phenoxy) is 1. The van der Waals surface area contributed by atoms with Gasteiger partial charge in [-0.1, -0.05) is 19.3 Å². The fourth-order valence-corrected chi connectivity index (χ4v) is 2.23. The van der Waals surface area contributed by atoms with E-state index in [1.165, 1.54) is 38.3 Å². The molecule has 2 N–H and O–H groups in total. The van der Waals surface area contributed by atoms with E-state index in [1.54, 1.807) is 12.3 Å². The topological polar surface area (TPSA) is 90.5 Å². The number of aromatic nitrogens is 2. The second kappa shape index (κ2) is 6.82. The first-order chi connectivity index (χ1) is 9.24. The van der Waals surface area contributed by atoms with Gasteiger partial charge in [-0.15, -0.1) is 0 Å². The van der Waals surface area contributed by atoms with Gasteiger partial charge < -0.3 is 10.5 Å². The molecule has 0 saturated heterocycles. The summed E-state index contributed by atoms with van der Waals surface area (Å²) in [6.07, 6.45) is 8.76. The summed E-state index contributed by atoms with van der Waals surface area (Å²) in [5, 5.41) is 0. The number of aliphatic imine (C=N–C) groups is 1. The van der Waals surface area contributed by atoms with Crippen molar-refractivity contribution >= 4 is 12.3 Å². The molecule has 0 radical (unpaired) electrons. The van der Waals surface area contributed by atoms with E-state index >= 15 is 0 Å². The van der Waals surface area contributed by atoms with Crippen LogP contribution >= 0.6 is 0 Å². The molecule has 1 aromatic heterocycles. The molecule has 0 aliphatic heterocycles. The van der Waals surface area contributed by atoms with Crippen LogP contribution in [-0.2, 0) is 0 Å². The van der Waals surface area contributed by atoms with E-state index in [1.807, 2.05) is 0 Å². The molecule has 0 aromatic carbocycles. The Balaban J connectivity index is 1.88. The maximum absolute atomic E-state index is 10.6. The Morgan fingerprint density at radius 1 is 1.47 bits per heavy atom. The summed E-state index contributed by atoms with van der Waals surface area (Å²) >= 11 is 0. The van der Waals surface area contributed by atoms with Gasteiger partial charge in [0.25, 0.3) is 0 Å². The van der Waals surface area contributed by atoms with Gasteiger partial charge in [0, 0.05) is 19.0 Å². The number of carbonyl (C=O) groups excluding carboxylic acids is 1. The summed E-state index contributed by atoms with van der Waals surface area (Å²) in [4.78, 5) is 22.8. The predicted molar refractivity (Wildman–Crippen MR) is 71.3 cm³/mol. The van der Waals surface area contributed by atoms with Crippen molar-refractivity contribution in [3.05, 3.63) is 18.0 Å². The number of carbonyl (C=O) groups is 1. The molecule has 1 aromatic rings. The maximum atomic E-state index is 10.6. The van der Waals surface area contributed by atoms with Crippen LogP contribution in [0, 0.1) is 5.92 Å². The van der Waals surface area contributed by atoms with Gasteiger partial charge >= 0.3 is 12.1 Å². The molecular formula is C13H18N4O2. The second-order valence-corrected chi connectivity index (χ2v) is 4.68. The average molecular weight is 262 g/mol. The zero-order valence-corrected chi connectivity index (χ0v) is 10.8. The first-order valence-corrected chi connectivity index (χ1v) is 6.54. The lowest BCUT2D eigenvalue weighted by atomic mass is 9.89. The summed E-state index contributed by atoms with van der Waals surface area (Å²) in [7, 11) is 0. The molecule has 1 saturated carbocycles. The standard InChI is InChI=1S/C13H18N4O2/c14-12(18)19-13-16-7-6-11(17-13)9-15-8-10-4-2-1-3-5-10/h6-7,9-10H,1-5,8H2,(H2,14,18).